The molecule has 0 spiro atoms. The molecule has 1 aliphatic rings. The summed E-state index contributed by atoms with van der Waals surface area (Å²) in [4.78, 5) is 14.9. The Morgan fingerprint density at radius 3 is 2.80 bits per heavy atom. The number of guanidine groups is 1. The molecule has 6 nitrogen and oxygen atoms in total. The van der Waals surface area contributed by atoms with Crippen LogP contribution in [0.25, 0.3) is 0 Å². The molecule has 0 unspecified atom stereocenters. The van der Waals surface area contributed by atoms with E-state index in [-0.39, 0.29) is 30.6 Å². The average Bonchev–Trinajstić information content (AvgIpc) is 3.18. The number of hydrogen-bond donors (Lipinski definition) is 3. The van der Waals surface area contributed by atoms with Crippen molar-refractivity contribution in [2.45, 2.75) is 25.4 Å². The molecule has 0 aromatic heterocycles. The Hall–Kier alpha value is -1.51. The molecule has 1 amide bonds. The van der Waals surface area contributed by atoms with Crippen LogP contribution in [0.3, 0.4) is 0 Å². The van der Waals surface area contributed by atoms with Crippen molar-refractivity contribution in [3.63, 3.8) is 0 Å². The number of carbonyl (C=O) groups excluding carboxylic acids is 1. The van der Waals surface area contributed by atoms with E-state index >= 15 is 0 Å². The Labute approximate surface area is 135 Å². The lowest BCUT2D eigenvalue weighted by atomic mass is 10.2. The SMILES string of the molecule is I.NC(=O)COc1cccc(CN=C(N)NC2CC2)c1. The van der Waals surface area contributed by atoms with E-state index in [2.05, 4.69) is 10.3 Å². The Morgan fingerprint density at radius 2 is 2.15 bits per heavy atom. The number of hydrogen-bond acceptors (Lipinski definition) is 3. The first-order chi connectivity index (χ1) is 9.13. The Kier molecular flexibility index (Phi) is 6.56. The smallest absolute Gasteiger partial charge is 0.255 e. The number of rotatable bonds is 6. The molecule has 7 heteroatoms. The third kappa shape index (κ3) is 6.09. The van der Waals surface area contributed by atoms with Crippen molar-refractivity contribution in [3.8, 4) is 5.75 Å². The van der Waals surface area contributed by atoms with Crippen LogP contribution in [0.4, 0.5) is 0 Å². The van der Waals surface area contributed by atoms with Gasteiger partial charge in [0.1, 0.15) is 5.75 Å². The van der Waals surface area contributed by atoms with Crippen molar-refractivity contribution in [1.29, 1.82) is 0 Å². The van der Waals surface area contributed by atoms with E-state index < -0.39 is 5.91 Å². The van der Waals surface area contributed by atoms with Crippen LogP contribution in [0.15, 0.2) is 29.3 Å². The van der Waals surface area contributed by atoms with Crippen molar-refractivity contribution >= 4 is 35.8 Å². The standard InChI is InChI=1S/C13H18N4O2.HI/c14-12(18)8-19-11-3-1-2-9(6-11)7-16-13(15)17-10-4-5-10;/h1-3,6,10H,4-5,7-8H2,(H2,14,18)(H3,15,16,17);1H. The lowest BCUT2D eigenvalue weighted by Crippen LogP contribution is -2.33. The van der Waals surface area contributed by atoms with Crippen LogP contribution < -0.4 is 21.5 Å². The highest BCUT2D eigenvalue weighted by Crippen LogP contribution is 2.18. The minimum Gasteiger partial charge on any atom is -0.484 e. The predicted molar refractivity (Wildman–Crippen MR) is 88.0 cm³/mol. The number of amides is 1. The van der Waals surface area contributed by atoms with Gasteiger partial charge in [-0.05, 0) is 30.5 Å². The summed E-state index contributed by atoms with van der Waals surface area (Å²) in [5, 5.41) is 3.11. The van der Waals surface area contributed by atoms with Crippen LogP contribution in [-0.2, 0) is 11.3 Å². The van der Waals surface area contributed by atoms with E-state index in [4.69, 9.17) is 16.2 Å². The number of benzene rings is 1. The molecule has 0 bridgehead atoms. The van der Waals surface area contributed by atoms with Gasteiger partial charge in [0.15, 0.2) is 12.6 Å². The van der Waals surface area contributed by atoms with Crippen LogP contribution in [0, 0.1) is 0 Å². The van der Waals surface area contributed by atoms with Gasteiger partial charge in [-0.15, -0.1) is 24.0 Å². The Morgan fingerprint density at radius 1 is 1.40 bits per heavy atom. The minimum atomic E-state index is -0.499. The quantitative estimate of drug-likeness (QED) is 0.379. The van der Waals surface area contributed by atoms with Gasteiger partial charge in [-0.3, -0.25) is 4.79 Å². The van der Waals surface area contributed by atoms with Gasteiger partial charge >= 0.3 is 0 Å². The molecule has 1 fully saturated rings. The number of ether oxygens (including phenoxy) is 1. The van der Waals surface area contributed by atoms with E-state index in [1.807, 2.05) is 18.2 Å². The second-order valence-electron chi connectivity index (χ2n) is 4.52. The highest BCUT2D eigenvalue weighted by Gasteiger charge is 2.21. The van der Waals surface area contributed by atoms with Crippen LogP contribution >= 0.6 is 24.0 Å². The Balaban J connectivity index is 0.00000200. The Bertz CT molecular complexity index is 489. The molecule has 1 aromatic carbocycles. The van der Waals surface area contributed by atoms with Crippen LogP contribution in [-0.4, -0.2) is 24.5 Å². The monoisotopic (exact) mass is 390 g/mol. The first-order valence-electron chi connectivity index (χ1n) is 6.20. The molecule has 0 aliphatic heterocycles. The van der Waals surface area contributed by atoms with Gasteiger partial charge in [0.2, 0.25) is 0 Å². The number of halogens is 1. The van der Waals surface area contributed by atoms with Gasteiger partial charge in [0, 0.05) is 6.04 Å². The summed E-state index contributed by atoms with van der Waals surface area (Å²) in [5.41, 5.74) is 11.7. The molecule has 0 heterocycles. The third-order valence-corrected chi connectivity index (χ3v) is 2.64. The summed E-state index contributed by atoms with van der Waals surface area (Å²) >= 11 is 0. The van der Waals surface area contributed by atoms with Crippen molar-refractivity contribution in [2.24, 2.45) is 16.5 Å². The number of nitrogens with two attached hydrogens (primary N) is 2. The summed E-state index contributed by atoms with van der Waals surface area (Å²) in [6.07, 6.45) is 2.32. The molecule has 20 heavy (non-hydrogen) atoms. The maximum absolute atomic E-state index is 10.6. The molecule has 110 valence electrons. The fraction of sp³-hybridized carbons (Fsp3) is 0.385. The lowest BCUT2D eigenvalue weighted by molar-refractivity contribution is -0.119. The zero-order chi connectivity index (χ0) is 13.7. The third-order valence-electron chi connectivity index (χ3n) is 2.64. The molecule has 1 aliphatic carbocycles. The van der Waals surface area contributed by atoms with E-state index in [9.17, 15) is 4.79 Å². The van der Waals surface area contributed by atoms with E-state index in [0.29, 0.717) is 24.3 Å². The largest absolute Gasteiger partial charge is 0.484 e. The van der Waals surface area contributed by atoms with Crippen LogP contribution in [0.1, 0.15) is 18.4 Å². The van der Waals surface area contributed by atoms with Crippen molar-refractivity contribution in [2.75, 3.05) is 6.61 Å². The lowest BCUT2D eigenvalue weighted by Gasteiger charge is -2.06. The molecular formula is C13H19IN4O2. The van der Waals surface area contributed by atoms with Gasteiger partial charge in [-0.1, -0.05) is 12.1 Å². The van der Waals surface area contributed by atoms with Crippen molar-refractivity contribution in [3.05, 3.63) is 29.8 Å². The van der Waals surface area contributed by atoms with E-state index in [1.165, 1.54) is 0 Å². The topological polar surface area (TPSA) is 103 Å². The number of primary amides is 1. The first kappa shape index (κ1) is 16.5. The summed E-state index contributed by atoms with van der Waals surface area (Å²) in [6.45, 7) is 0.345. The van der Waals surface area contributed by atoms with Gasteiger partial charge in [-0.25, -0.2) is 4.99 Å². The molecule has 0 atom stereocenters. The normalized spacial score (nSPS) is 14.3. The van der Waals surface area contributed by atoms with Gasteiger partial charge in [-0.2, -0.15) is 0 Å². The van der Waals surface area contributed by atoms with E-state index in [0.717, 1.165) is 18.4 Å². The summed E-state index contributed by atoms with van der Waals surface area (Å²) in [5.74, 6) is 0.562. The number of aliphatic imine (C=N–C) groups is 1. The van der Waals surface area contributed by atoms with Crippen LogP contribution in [0.2, 0.25) is 0 Å². The van der Waals surface area contributed by atoms with Gasteiger partial charge < -0.3 is 21.5 Å². The summed E-state index contributed by atoms with van der Waals surface area (Å²) in [7, 11) is 0. The van der Waals surface area contributed by atoms with Crippen molar-refractivity contribution in [1.82, 2.24) is 5.32 Å². The summed E-state index contributed by atoms with van der Waals surface area (Å²) < 4.78 is 5.22. The second kappa shape index (κ2) is 7.93. The maximum atomic E-state index is 10.6. The molecule has 0 radical (unpaired) electrons. The first-order valence-corrected chi connectivity index (χ1v) is 6.20. The summed E-state index contributed by atoms with van der Waals surface area (Å²) in [6, 6.07) is 7.84. The minimum absolute atomic E-state index is 0. The highest BCUT2D eigenvalue weighted by atomic mass is 127. The number of nitrogens with one attached hydrogen (secondary N) is 1. The maximum Gasteiger partial charge on any atom is 0.255 e. The number of nitrogens with zero attached hydrogens (tertiary/aromatic N) is 1. The zero-order valence-electron chi connectivity index (χ0n) is 11.0. The zero-order valence-corrected chi connectivity index (χ0v) is 13.4. The van der Waals surface area contributed by atoms with Gasteiger partial charge in [0.05, 0.1) is 6.54 Å². The van der Waals surface area contributed by atoms with Gasteiger partial charge in [0.25, 0.3) is 5.91 Å². The van der Waals surface area contributed by atoms with Crippen molar-refractivity contribution < 1.29 is 9.53 Å². The molecule has 1 saturated carbocycles. The molecule has 2 rings (SSSR count). The van der Waals surface area contributed by atoms with E-state index in [1.54, 1.807) is 6.07 Å². The molecule has 1 aromatic rings. The molecule has 5 N–H and O–H groups in total. The fourth-order valence-corrected chi connectivity index (χ4v) is 1.55. The second-order valence-corrected chi connectivity index (χ2v) is 4.52. The van der Waals surface area contributed by atoms with Crippen LogP contribution in [0.5, 0.6) is 5.75 Å². The molecule has 0 saturated heterocycles. The average molecular weight is 390 g/mol. The number of carbonyl (C=O) groups is 1. The molecular weight excluding hydrogens is 371 g/mol. The fourth-order valence-electron chi connectivity index (χ4n) is 1.55. The predicted octanol–water partition coefficient (Wildman–Crippen LogP) is 0.735. The highest BCUT2D eigenvalue weighted by molar-refractivity contribution is 14.0.